The zero-order valence-corrected chi connectivity index (χ0v) is 16.9. The molecule has 1 atom stereocenters. The second kappa shape index (κ2) is 8.91. The van der Waals surface area contributed by atoms with Gasteiger partial charge in [-0.15, -0.1) is 0 Å². The highest BCUT2D eigenvalue weighted by Crippen LogP contribution is 2.41. The lowest BCUT2D eigenvalue weighted by molar-refractivity contribution is -0.134. The predicted molar refractivity (Wildman–Crippen MR) is 112 cm³/mol. The molecule has 29 heavy (non-hydrogen) atoms. The van der Waals surface area contributed by atoms with Crippen LogP contribution in [0.1, 0.15) is 37.7 Å². The van der Waals surface area contributed by atoms with Gasteiger partial charge in [-0.1, -0.05) is 30.3 Å². The smallest absolute Gasteiger partial charge is 0.222 e. The molecule has 2 aliphatic heterocycles. The van der Waals surface area contributed by atoms with Gasteiger partial charge in [-0.05, 0) is 43.1 Å². The number of likely N-dealkylation sites (tertiary alicyclic amines) is 1. The number of amides is 1. The molecule has 1 aromatic heterocycles. The number of aromatic nitrogens is 2. The molecular formula is C23H30N4O2. The Morgan fingerprint density at radius 1 is 1.17 bits per heavy atom. The van der Waals surface area contributed by atoms with E-state index < -0.39 is 0 Å². The first-order valence-electron chi connectivity index (χ1n) is 10.6. The number of anilines is 1. The number of benzene rings is 1. The van der Waals surface area contributed by atoms with Crippen molar-refractivity contribution in [2.24, 2.45) is 5.41 Å². The lowest BCUT2D eigenvalue weighted by atomic mass is 9.71. The number of hydrogen-bond acceptors (Lipinski definition) is 5. The summed E-state index contributed by atoms with van der Waals surface area (Å²) in [6.07, 6.45) is 9.89. The summed E-state index contributed by atoms with van der Waals surface area (Å²) in [6.45, 7) is 3.04. The maximum Gasteiger partial charge on any atom is 0.222 e. The van der Waals surface area contributed by atoms with E-state index >= 15 is 0 Å². The lowest BCUT2D eigenvalue weighted by Gasteiger charge is -2.49. The number of hydrogen-bond donors (Lipinski definition) is 1. The zero-order chi connectivity index (χ0) is 20.1. The minimum atomic E-state index is -0.362. The van der Waals surface area contributed by atoms with Crippen molar-refractivity contribution >= 4 is 11.7 Å². The molecule has 1 amide bonds. The van der Waals surface area contributed by atoms with Gasteiger partial charge in [-0.2, -0.15) is 0 Å². The van der Waals surface area contributed by atoms with Gasteiger partial charge in [0.1, 0.15) is 5.82 Å². The van der Waals surface area contributed by atoms with Crippen molar-refractivity contribution in [3.05, 3.63) is 54.5 Å². The number of carbonyl (C=O) groups excluding carboxylic acids is 1. The fraction of sp³-hybridized carbons (Fsp3) is 0.522. The largest absolute Gasteiger partial charge is 0.391 e. The van der Waals surface area contributed by atoms with Crippen LogP contribution < -0.4 is 4.90 Å². The van der Waals surface area contributed by atoms with Crippen molar-refractivity contribution in [1.29, 1.82) is 0 Å². The van der Waals surface area contributed by atoms with Gasteiger partial charge in [0.2, 0.25) is 5.91 Å². The number of carbonyl (C=O) groups is 1. The maximum atomic E-state index is 12.7. The van der Waals surface area contributed by atoms with Crippen LogP contribution >= 0.6 is 0 Å². The topological polar surface area (TPSA) is 69.6 Å². The molecule has 1 N–H and O–H groups in total. The second-order valence-electron chi connectivity index (χ2n) is 8.52. The van der Waals surface area contributed by atoms with E-state index in [4.69, 9.17) is 0 Å². The van der Waals surface area contributed by atoms with Gasteiger partial charge in [-0.3, -0.25) is 9.78 Å². The third-order valence-electron chi connectivity index (χ3n) is 6.38. The van der Waals surface area contributed by atoms with Crippen molar-refractivity contribution in [2.75, 3.05) is 31.1 Å². The molecule has 2 fully saturated rings. The number of piperidine rings is 2. The van der Waals surface area contributed by atoms with Crippen LogP contribution in [0.3, 0.4) is 0 Å². The van der Waals surface area contributed by atoms with E-state index in [2.05, 4.69) is 27.0 Å². The van der Waals surface area contributed by atoms with Gasteiger partial charge in [0.05, 0.1) is 12.3 Å². The fourth-order valence-corrected chi connectivity index (χ4v) is 4.82. The van der Waals surface area contributed by atoms with Crippen LogP contribution in [-0.2, 0) is 11.2 Å². The monoisotopic (exact) mass is 394 g/mol. The summed E-state index contributed by atoms with van der Waals surface area (Å²) in [5.41, 5.74) is 1.34. The van der Waals surface area contributed by atoms with Gasteiger partial charge < -0.3 is 14.9 Å². The SMILES string of the molecule is O=C(CCCc1ccccc1)N1CCC2(CC1)CC(O)CN(c1cnccn1)C2. The molecule has 154 valence electrons. The molecule has 0 bridgehead atoms. The minimum absolute atomic E-state index is 0.0516. The Morgan fingerprint density at radius 3 is 2.69 bits per heavy atom. The molecule has 0 aliphatic carbocycles. The summed E-state index contributed by atoms with van der Waals surface area (Å²) in [4.78, 5) is 25.4. The second-order valence-corrected chi connectivity index (χ2v) is 8.52. The van der Waals surface area contributed by atoms with E-state index in [9.17, 15) is 9.90 Å². The standard InChI is InChI=1S/C23H30N4O2/c28-20-15-23(18-27(17-20)21-16-24-11-12-25-21)9-13-26(14-10-23)22(29)8-4-7-19-5-2-1-3-6-19/h1-3,5-6,11-12,16,20,28H,4,7-10,13-15,17-18H2. The lowest BCUT2D eigenvalue weighted by Crippen LogP contribution is -2.54. The van der Waals surface area contributed by atoms with Gasteiger partial charge in [0, 0.05) is 45.0 Å². The first kappa shape index (κ1) is 19.8. The normalized spacial score (nSPS) is 21.3. The first-order valence-corrected chi connectivity index (χ1v) is 10.6. The highest BCUT2D eigenvalue weighted by Gasteiger charge is 2.42. The van der Waals surface area contributed by atoms with Gasteiger partial charge >= 0.3 is 0 Å². The van der Waals surface area contributed by atoms with Crippen LogP contribution in [0.5, 0.6) is 0 Å². The van der Waals surface area contributed by atoms with Crippen LogP contribution in [0.25, 0.3) is 0 Å². The quantitative estimate of drug-likeness (QED) is 0.844. The highest BCUT2D eigenvalue weighted by atomic mass is 16.3. The Kier molecular flexibility index (Phi) is 6.09. The van der Waals surface area contributed by atoms with Crippen LogP contribution in [0.4, 0.5) is 5.82 Å². The fourth-order valence-electron chi connectivity index (χ4n) is 4.82. The number of nitrogens with zero attached hydrogens (tertiary/aromatic N) is 4. The van der Waals surface area contributed by atoms with Gasteiger partial charge in [0.15, 0.2) is 0 Å². The molecule has 3 heterocycles. The van der Waals surface area contributed by atoms with Crippen LogP contribution in [0.2, 0.25) is 0 Å². The van der Waals surface area contributed by atoms with Crippen molar-refractivity contribution in [1.82, 2.24) is 14.9 Å². The third kappa shape index (κ3) is 4.93. The molecule has 0 radical (unpaired) electrons. The van der Waals surface area contributed by atoms with Crippen molar-refractivity contribution in [3.8, 4) is 0 Å². The summed E-state index contributed by atoms with van der Waals surface area (Å²) >= 11 is 0. The summed E-state index contributed by atoms with van der Waals surface area (Å²) in [7, 11) is 0. The average Bonchev–Trinajstić information content (AvgIpc) is 2.75. The van der Waals surface area contributed by atoms with E-state index in [1.54, 1.807) is 18.6 Å². The Balaban J connectivity index is 1.29. The van der Waals surface area contributed by atoms with Crippen molar-refractivity contribution in [3.63, 3.8) is 0 Å². The van der Waals surface area contributed by atoms with E-state index in [1.807, 2.05) is 23.1 Å². The molecule has 6 nitrogen and oxygen atoms in total. The molecule has 2 saturated heterocycles. The Morgan fingerprint density at radius 2 is 1.97 bits per heavy atom. The van der Waals surface area contributed by atoms with Gasteiger partial charge in [0.25, 0.3) is 0 Å². The van der Waals surface area contributed by atoms with E-state index in [0.717, 1.165) is 57.6 Å². The number of rotatable bonds is 5. The molecule has 1 aromatic carbocycles. The Labute approximate surface area is 172 Å². The highest BCUT2D eigenvalue weighted by molar-refractivity contribution is 5.76. The maximum absolute atomic E-state index is 12.7. The predicted octanol–water partition coefficient (Wildman–Crippen LogP) is 2.68. The Bertz CT molecular complexity index is 791. The third-order valence-corrected chi connectivity index (χ3v) is 6.38. The summed E-state index contributed by atoms with van der Waals surface area (Å²) < 4.78 is 0. The van der Waals surface area contributed by atoms with E-state index in [-0.39, 0.29) is 17.4 Å². The molecule has 6 heteroatoms. The molecule has 2 aromatic rings. The number of aliphatic hydroxyl groups is 1. The summed E-state index contributed by atoms with van der Waals surface area (Å²) in [5.74, 6) is 1.09. The average molecular weight is 395 g/mol. The molecule has 2 aliphatic rings. The molecular weight excluding hydrogens is 364 g/mol. The van der Waals surface area contributed by atoms with E-state index in [1.165, 1.54) is 5.56 Å². The summed E-state index contributed by atoms with van der Waals surface area (Å²) in [6, 6.07) is 10.3. The minimum Gasteiger partial charge on any atom is -0.391 e. The number of β-amino-alcohol motifs (C(OH)–C–C–N with tert-alkyl or cyclic N) is 1. The molecule has 1 spiro atoms. The Hall–Kier alpha value is -2.47. The van der Waals surface area contributed by atoms with E-state index in [0.29, 0.717) is 13.0 Å². The molecule has 0 saturated carbocycles. The van der Waals surface area contributed by atoms with Crippen LogP contribution in [0, 0.1) is 5.41 Å². The zero-order valence-electron chi connectivity index (χ0n) is 16.9. The number of aryl methyl sites for hydroxylation is 1. The summed E-state index contributed by atoms with van der Waals surface area (Å²) in [5, 5.41) is 10.5. The number of aliphatic hydroxyl groups excluding tert-OH is 1. The van der Waals surface area contributed by atoms with Crippen molar-refractivity contribution in [2.45, 2.75) is 44.6 Å². The van der Waals surface area contributed by atoms with Crippen LogP contribution in [0.15, 0.2) is 48.9 Å². The first-order chi connectivity index (χ1) is 14.1. The van der Waals surface area contributed by atoms with Crippen molar-refractivity contribution < 1.29 is 9.90 Å². The molecule has 1 unspecified atom stereocenters. The van der Waals surface area contributed by atoms with Gasteiger partial charge in [-0.25, -0.2) is 4.98 Å². The molecule has 4 rings (SSSR count). The van der Waals surface area contributed by atoms with Crippen LogP contribution in [-0.4, -0.2) is 58.2 Å².